The first-order chi connectivity index (χ1) is 8.24. The molecule has 0 N–H and O–H groups in total. The molecule has 100 valence electrons. The quantitative estimate of drug-likeness (QED) is 0.483. The van der Waals surface area contributed by atoms with E-state index in [0.717, 1.165) is 25.2 Å². The first kappa shape index (κ1) is 14.5. The third kappa shape index (κ3) is 6.05. The molecule has 0 aromatic rings. The maximum Gasteiger partial charge on any atom is 0.111 e. The monoisotopic (exact) mass is 244 g/mol. The lowest BCUT2D eigenvalue weighted by atomic mass is 9.95. The van der Waals surface area contributed by atoms with Gasteiger partial charge in [0.05, 0.1) is 31.7 Å². The Labute approximate surface area is 104 Å². The fraction of sp³-hybridized carbons (Fsp3) is 0.846. The van der Waals surface area contributed by atoms with Crippen LogP contribution in [0.5, 0.6) is 0 Å². The average molecular weight is 244 g/mol. The van der Waals surface area contributed by atoms with E-state index in [9.17, 15) is 0 Å². The van der Waals surface area contributed by atoms with Crippen molar-refractivity contribution < 1.29 is 18.9 Å². The Morgan fingerprint density at radius 3 is 2.76 bits per heavy atom. The minimum absolute atomic E-state index is 0.312. The highest BCUT2D eigenvalue weighted by Crippen LogP contribution is 2.26. The van der Waals surface area contributed by atoms with Gasteiger partial charge in [-0.3, -0.25) is 0 Å². The van der Waals surface area contributed by atoms with Gasteiger partial charge in [0.1, 0.15) is 6.61 Å². The van der Waals surface area contributed by atoms with Gasteiger partial charge in [-0.05, 0) is 19.8 Å². The van der Waals surface area contributed by atoms with Crippen molar-refractivity contribution >= 4 is 0 Å². The van der Waals surface area contributed by atoms with Crippen LogP contribution in [0.4, 0.5) is 0 Å². The van der Waals surface area contributed by atoms with Gasteiger partial charge in [-0.25, -0.2) is 0 Å². The number of ether oxygens (including phenoxy) is 4. The normalized spacial score (nSPS) is 24.6. The lowest BCUT2D eigenvalue weighted by Gasteiger charge is -2.28. The predicted octanol–water partition coefficient (Wildman–Crippen LogP) is 1.99. The summed E-state index contributed by atoms with van der Waals surface area (Å²) in [7, 11) is 1.66. The van der Waals surface area contributed by atoms with Crippen molar-refractivity contribution in [3.05, 3.63) is 12.3 Å². The van der Waals surface area contributed by atoms with E-state index >= 15 is 0 Å². The highest BCUT2D eigenvalue weighted by atomic mass is 16.5. The third-order valence-electron chi connectivity index (χ3n) is 2.89. The van der Waals surface area contributed by atoms with Gasteiger partial charge in [-0.2, -0.15) is 0 Å². The van der Waals surface area contributed by atoms with Crippen LogP contribution >= 0.6 is 0 Å². The van der Waals surface area contributed by atoms with Crippen LogP contribution in [0.15, 0.2) is 12.3 Å². The molecule has 0 spiro atoms. The summed E-state index contributed by atoms with van der Waals surface area (Å²) in [5.74, 6) is 1.30. The zero-order valence-electron chi connectivity index (χ0n) is 10.9. The smallest absolute Gasteiger partial charge is 0.111 e. The second-order valence-corrected chi connectivity index (χ2v) is 4.32. The lowest BCUT2D eigenvalue weighted by Crippen LogP contribution is -2.25. The third-order valence-corrected chi connectivity index (χ3v) is 2.89. The molecule has 1 saturated heterocycles. The second-order valence-electron chi connectivity index (χ2n) is 4.32. The zero-order chi connectivity index (χ0) is 12.5. The maximum absolute atomic E-state index is 5.59. The van der Waals surface area contributed by atoms with Crippen LogP contribution in [0.1, 0.15) is 19.8 Å². The Bertz CT molecular complexity index is 217. The summed E-state index contributed by atoms with van der Waals surface area (Å²) in [6.45, 7) is 9.27. The van der Waals surface area contributed by atoms with Crippen LogP contribution in [-0.4, -0.2) is 46.2 Å². The number of rotatable bonds is 8. The lowest BCUT2D eigenvalue weighted by molar-refractivity contribution is -0.00958. The molecule has 0 aromatic carbocycles. The van der Waals surface area contributed by atoms with Crippen molar-refractivity contribution in [2.75, 3.05) is 40.1 Å². The summed E-state index contributed by atoms with van der Waals surface area (Å²) in [6, 6.07) is 0. The molecule has 2 unspecified atom stereocenters. The molecular weight excluding hydrogens is 220 g/mol. The SMILES string of the molecule is C=C(OCCOCCOC)C1CCOC(C)C1. The highest BCUT2D eigenvalue weighted by Gasteiger charge is 2.22. The molecule has 1 fully saturated rings. The van der Waals surface area contributed by atoms with Gasteiger partial charge in [0.15, 0.2) is 0 Å². The summed E-state index contributed by atoms with van der Waals surface area (Å²) in [5.41, 5.74) is 0. The Morgan fingerprint density at radius 2 is 2.06 bits per heavy atom. The van der Waals surface area contributed by atoms with E-state index in [1.165, 1.54) is 0 Å². The van der Waals surface area contributed by atoms with E-state index in [1.807, 2.05) is 0 Å². The van der Waals surface area contributed by atoms with Crippen LogP contribution in [0.25, 0.3) is 0 Å². The largest absolute Gasteiger partial charge is 0.496 e. The molecule has 0 aromatic heterocycles. The summed E-state index contributed by atoms with van der Waals surface area (Å²) >= 11 is 0. The minimum atomic E-state index is 0.312. The van der Waals surface area contributed by atoms with Crippen LogP contribution in [0.2, 0.25) is 0 Å². The molecule has 0 amide bonds. The first-order valence-electron chi connectivity index (χ1n) is 6.24. The van der Waals surface area contributed by atoms with Crippen molar-refractivity contribution in [3.8, 4) is 0 Å². The number of hydrogen-bond donors (Lipinski definition) is 0. The van der Waals surface area contributed by atoms with E-state index in [4.69, 9.17) is 18.9 Å². The van der Waals surface area contributed by atoms with Crippen molar-refractivity contribution in [3.63, 3.8) is 0 Å². The number of methoxy groups -OCH3 is 1. The fourth-order valence-corrected chi connectivity index (χ4v) is 1.88. The van der Waals surface area contributed by atoms with E-state index in [1.54, 1.807) is 7.11 Å². The number of hydrogen-bond acceptors (Lipinski definition) is 4. The summed E-state index contributed by atoms with van der Waals surface area (Å²) in [6.07, 6.45) is 2.32. The minimum Gasteiger partial charge on any atom is -0.496 e. The molecule has 1 aliphatic heterocycles. The molecule has 0 saturated carbocycles. The Kier molecular flexibility index (Phi) is 7.24. The van der Waals surface area contributed by atoms with Crippen molar-refractivity contribution in [2.24, 2.45) is 5.92 Å². The topological polar surface area (TPSA) is 36.9 Å². The molecule has 0 aliphatic carbocycles. The Balaban J connectivity index is 2.04. The van der Waals surface area contributed by atoms with Gasteiger partial charge in [0.25, 0.3) is 0 Å². The molecule has 17 heavy (non-hydrogen) atoms. The summed E-state index contributed by atoms with van der Waals surface area (Å²) in [5, 5.41) is 0. The van der Waals surface area contributed by atoms with E-state index in [2.05, 4.69) is 13.5 Å². The summed E-state index contributed by atoms with van der Waals surface area (Å²) in [4.78, 5) is 0. The molecule has 2 atom stereocenters. The zero-order valence-corrected chi connectivity index (χ0v) is 10.9. The Morgan fingerprint density at radius 1 is 1.29 bits per heavy atom. The van der Waals surface area contributed by atoms with Crippen molar-refractivity contribution in [2.45, 2.75) is 25.9 Å². The second kappa shape index (κ2) is 8.50. The molecular formula is C13H24O4. The van der Waals surface area contributed by atoms with Gasteiger partial charge in [-0.1, -0.05) is 6.58 Å². The average Bonchev–Trinajstić information content (AvgIpc) is 2.33. The van der Waals surface area contributed by atoms with Crippen LogP contribution in [0, 0.1) is 5.92 Å². The molecule has 0 bridgehead atoms. The van der Waals surface area contributed by atoms with Gasteiger partial charge in [0, 0.05) is 19.6 Å². The molecule has 4 heteroatoms. The van der Waals surface area contributed by atoms with Gasteiger partial charge in [-0.15, -0.1) is 0 Å². The first-order valence-corrected chi connectivity index (χ1v) is 6.24. The molecule has 1 heterocycles. The predicted molar refractivity (Wildman–Crippen MR) is 65.9 cm³/mol. The van der Waals surface area contributed by atoms with E-state index in [-0.39, 0.29) is 0 Å². The van der Waals surface area contributed by atoms with Gasteiger partial charge in [0.2, 0.25) is 0 Å². The summed E-state index contributed by atoms with van der Waals surface area (Å²) < 4.78 is 21.3. The van der Waals surface area contributed by atoms with Crippen LogP contribution in [0.3, 0.4) is 0 Å². The van der Waals surface area contributed by atoms with Gasteiger partial charge >= 0.3 is 0 Å². The molecule has 1 aliphatic rings. The maximum atomic E-state index is 5.59. The number of allylic oxidation sites excluding steroid dienone is 1. The van der Waals surface area contributed by atoms with E-state index < -0.39 is 0 Å². The van der Waals surface area contributed by atoms with Crippen molar-refractivity contribution in [1.82, 2.24) is 0 Å². The van der Waals surface area contributed by atoms with E-state index in [0.29, 0.717) is 38.4 Å². The van der Waals surface area contributed by atoms with Gasteiger partial charge < -0.3 is 18.9 Å². The molecule has 0 radical (unpaired) electrons. The van der Waals surface area contributed by atoms with Crippen molar-refractivity contribution in [1.29, 1.82) is 0 Å². The Hall–Kier alpha value is -0.580. The highest BCUT2D eigenvalue weighted by molar-refractivity contribution is 4.93. The fourth-order valence-electron chi connectivity index (χ4n) is 1.88. The molecule has 4 nitrogen and oxygen atoms in total. The standard InChI is InChI=1S/C13H24O4/c1-11-10-13(4-5-16-11)12(2)17-9-8-15-7-6-14-3/h11,13H,2,4-10H2,1,3H3. The van der Waals surface area contributed by atoms with Crippen LogP contribution in [-0.2, 0) is 18.9 Å². The van der Waals surface area contributed by atoms with Crippen LogP contribution < -0.4 is 0 Å². The molecule has 1 rings (SSSR count).